The van der Waals surface area contributed by atoms with Gasteiger partial charge in [-0.2, -0.15) is 0 Å². The Bertz CT molecular complexity index is 1700. The Morgan fingerprint density at radius 2 is 1.11 bits per heavy atom. The Balaban J connectivity index is 1.16. The van der Waals surface area contributed by atoms with E-state index < -0.39 is 23.6 Å². The monoisotopic (exact) mass is 624 g/mol. The normalized spacial score (nSPS) is 12.8. The van der Waals surface area contributed by atoms with Gasteiger partial charge in [0.15, 0.2) is 0 Å². The van der Waals surface area contributed by atoms with Crippen molar-refractivity contribution in [1.29, 1.82) is 0 Å². The molecule has 3 N–H and O–H groups in total. The molecule has 0 bridgehead atoms. The van der Waals surface area contributed by atoms with Gasteiger partial charge in [-0.15, -0.1) is 0 Å². The summed E-state index contributed by atoms with van der Waals surface area (Å²) >= 11 is 0. The van der Waals surface area contributed by atoms with Gasteiger partial charge in [0.05, 0.1) is 6.42 Å². The molecule has 236 valence electrons. The van der Waals surface area contributed by atoms with E-state index in [1.54, 1.807) is 0 Å². The number of hydrogen-bond donors (Lipinski definition) is 3. The van der Waals surface area contributed by atoms with Crippen LogP contribution in [0.5, 0.6) is 0 Å². The molecule has 1 atom stereocenters. The first-order valence-electron chi connectivity index (χ1n) is 15.8. The number of carboxylic acids is 1. The molecular formula is C40H36N2O5. The number of rotatable bonds is 12. The smallest absolute Gasteiger partial charge is 0.407 e. The summed E-state index contributed by atoms with van der Waals surface area (Å²) in [7, 11) is 0. The van der Waals surface area contributed by atoms with Gasteiger partial charge >= 0.3 is 12.1 Å². The summed E-state index contributed by atoms with van der Waals surface area (Å²) in [5.74, 6) is -1.49. The average Bonchev–Trinajstić information content (AvgIpc) is 3.43. The van der Waals surface area contributed by atoms with Crippen molar-refractivity contribution in [3.05, 3.63) is 167 Å². The summed E-state index contributed by atoms with van der Waals surface area (Å²) in [5.41, 5.74) is 6.04. The van der Waals surface area contributed by atoms with Gasteiger partial charge in [-0.3, -0.25) is 9.59 Å². The third kappa shape index (κ3) is 6.79. The molecule has 1 aliphatic carbocycles. The number of nitrogens with one attached hydrogen (secondary N) is 2. The van der Waals surface area contributed by atoms with E-state index in [-0.39, 0.29) is 37.7 Å². The topological polar surface area (TPSA) is 105 Å². The minimum atomic E-state index is -1.08. The highest BCUT2D eigenvalue weighted by Gasteiger charge is 2.38. The van der Waals surface area contributed by atoms with Crippen LogP contribution in [0.25, 0.3) is 11.1 Å². The zero-order valence-electron chi connectivity index (χ0n) is 25.8. The first kappa shape index (κ1) is 31.3. The molecule has 5 aromatic carbocycles. The van der Waals surface area contributed by atoms with Crippen molar-refractivity contribution in [2.24, 2.45) is 0 Å². The van der Waals surface area contributed by atoms with Gasteiger partial charge in [0.1, 0.15) is 12.1 Å². The van der Waals surface area contributed by atoms with Crippen molar-refractivity contribution in [2.45, 2.75) is 36.8 Å². The summed E-state index contributed by atoms with van der Waals surface area (Å²) < 4.78 is 5.67. The molecule has 0 heterocycles. The Morgan fingerprint density at radius 3 is 1.57 bits per heavy atom. The first-order chi connectivity index (χ1) is 23.0. The predicted molar refractivity (Wildman–Crippen MR) is 181 cm³/mol. The van der Waals surface area contributed by atoms with E-state index >= 15 is 0 Å². The Labute approximate surface area is 274 Å². The van der Waals surface area contributed by atoms with E-state index in [4.69, 9.17) is 4.74 Å². The van der Waals surface area contributed by atoms with Crippen LogP contribution >= 0.6 is 0 Å². The van der Waals surface area contributed by atoms with Gasteiger partial charge in [0.25, 0.3) is 0 Å². The minimum Gasteiger partial charge on any atom is -0.481 e. The number of alkyl carbamates (subject to hydrolysis) is 1. The SMILES string of the molecule is O=C(O)C[C@H](CCC(=O)NC(c1ccccc1)(c1ccccc1)c1ccccc1)NC(=O)OCC1c2ccccc2-c2ccccc21. The maximum absolute atomic E-state index is 13.8. The van der Waals surface area contributed by atoms with Gasteiger partial charge < -0.3 is 20.5 Å². The number of aliphatic carboxylic acids is 1. The molecule has 0 aliphatic heterocycles. The predicted octanol–water partition coefficient (Wildman–Crippen LogP) is 7.26. The van der Waals surface area contributed by atoms with E-state index in [1.165, 1.54) is 0 Å². The molecular weight excluding hydrogens is 588 g/mol. The lowest BCUT2D eigenvalue weighted by atomic mass is 9.77. The molecule has 0 radical (unpaired) electrons. The quantitative estimate of drug-likeness (QED) is 0.127. The molecule has 47 heavy (non-hydrogen) atoms. The van der Waals surface area contributed by atoms with Crippen LogP contribution in [-0.2, 0) is 19.9 Å². The van der Waals surface area contributed by atoms with Crippen LogP contribution in [0.2, 0.25) is 0 Å². The molecule has 0 spiro atoms. The number of benzene rings is 5. The fraction of sp³-hybridized carbons (Fsp3) is 0.175. The van der Waals surface area contributed by atoms with Gasteiger partial charge in [0, 0.05) is 18.4 Å². The third-order valence-electron chi connectivity index (χ3n) is 8.75. The summed E-state index contributed by atoms with van der Waals surface area (Å²) in [6.07, 6.45) is -0.976. The number of amides is 2. The average molecular weight is 625 g/mol. The fourth-order valence-electron chi connectivity index (χ4n) is 6.60. The Kier molecular flexibility index (Phi) is 9.43. The van der Waals surface area contributed by atoms with E-state index in [2.05, 4.69) is 22.8 Å². The van der Waals surface area contributed by atoms with Crippen molar-refractivity contribution in [3.8, 4) is 11.1 Å². The maximum Gasteiger partial charge on any atom is 0.407 e. The van der Waals surface area contributed by atoms with E-state index in [9.17, 15) is 19.5 Å². The number of carbonyl (C=O) groups is 3. The second-order valence-corrected chi connectivity index (χ2v) is 11.7. The number of carboxylic acid groups (broad SMARTS) is 1. The molecule has 7 nitrogen and oxygen atoms in total. The van der Waals surface area contributed by atoms with Crippen molar-refractivity contribution < 1.29 is 24.2 Å². The van der Waals surface area contributed by atoms with E-state index in [0.717, 1.165) is 38.9 Å². The fourth-order valence-corrected chi connectivity index (χ4v) is 6.60. The summed E-state index contributed by atoms with van der Waals surface area (Å²) in [6.45, 7) is 0.105. The van der Waals surface area contributed by atoms with Crippen LogP contribution in [0.15, 0.2) is 140 Å². The lowest BCUT2D eigenvalue weighted by molar-refractivity contribution is -0.137. The van der Waals surface area contributed by atoms with E-state index in [1.807, 2.05) is 127 Å². The van der Waals surface area contributed by atoms with Crippen LogP contribution in [0.1, 0.15) is 53.0 Å². The molecule has 0 aromatic heterocycles. The highest BCUT2D eigenvalue weighted by atomic mass is 16.5. The standard InChI is InChI=1S/C40H36N2O5/c43-37(42-40(28-14-4-1-5-15-28,29-16-6-2-7-17-29)30-18-8-3-9-19-30)25-24-31(26-38(44)45)41-39(46)47-27-36-34-22-12-10-20-32(34)33-21-11-13-23-35(33)36/h1-23,31,36H,24-27H2,(H,41,46)(H,42,43)(H,44,45)/t31-/m0/s1. The molecule has 0 fully saturated rings. The molecule has 7 heteroatoms. The van der Waals surface area contributed by atoms with Crippen molar-refractivity contribution in [3.63, 3.8) is 0 Å². The molecule has 5 aromatic rings. The van der Waals surface area contributed by atoms with Crippen LogP contribution < -0.4 is 10.6 Å². The highest BCUT2D eigenvalue weighted by Crippen LogP contribution is 2.44. The highest BCUT2D eigenvalue weighted by molar-refractivity contribution is 5.80. The molecule has 6 rings (SSSR count). The van der Waals surface area contributed by atoms with Crippen LogP contribution in [-0.4, -0.2) is 35.7 Å². The molecule has 2 amide bonds. The van der Waals surface area contributed by atoms with E-state index in [0.29, 0.717) is 0 Å². The maximum atomic E-state index is 13.8. The van der Waals surface area contributed by atoms with Crippen LogP contribution in [0.4, 0.5) is 4.79 Å². The summed E-state index contributed by atoms with van der Waals surface area (Å²) in [6, 6.07) is 44.5. The number of ether oxygens (including phenoxy) is 1. The largest absolute Gasteiger partial charge is 0.481 e. The molecule has 0 unspecified atom stereocenters. The second kappa shape index (κ2) is 14.2. The van der Waals surface area contributed by atoms with Gasteiger partial charge in [-0.25, -0.2) is 4.79 Å². The lowest BCUT2D eigenvalue weighted by Crippen LogP contribution is -2.48. The van der Waals surface area contributed by atoms with Gasteiger partial charge in [-0.05, 0) is 45.4 Å². The number of fused-ring (bicyclic) bond motifs is 3. The number of carbonyl (C=O) groups excluding carboxylic acids is 2. The van der Waals surface area contributed by atoms with Crippen molar-refractivity contribution in [2.75, 3.05) is 6.61 Å². The molecule has 0 saturated heterocycles. The second-order valence-electron chi connectivity index (χ2n) is 11.7. The summed E-state index contributed by atoms with van der Waals surface area (Å²) in [5, 5.41) is 15.6. The van der Waals surface area contributed by atoms with Crippen LogP contribution in [0, 0.1) is 0 Å². The zero-order chi connectivity index (χ0) is 32.6. The number of hydrogen-bond acceptors (Lipinski definition) is 4. The van der Waals surface area contributed by atoms with Crippen molar-refractivity contribution in [1.82, 2.24) is 10.6 Å². The van der Waals surface area contributed by atoms with Gasteiger partial charge in [0.2, 0.25) is 5.91 Å². The van der Waals surface area contributed by atoms with Gasteiger partial charge in [-0.1, -0.05) is 140 Å². The third-order valence-corrected chi connectivity index (χ3v) is 8.75. The first-order valence-corrected chi connectivity index (χ1v) is 15.8. The minimum absolute atomic E-state index is 0.0180. The lowest BCUT2D eigenvalue weighted by Gasteiger charge is -2.37. The zero-order valence-corrected chi connectivity index (χ0v) is 25.8. The Morgan fingerprint density at radius 1 is 0.660 bits per heavy atom. The Hall–Kier alpha value is -5.69. The molecule has 0 saturated carbocycles. The summed E-state index contributed by atoms with van der Waals surface area (Å²) in [4.78, 5) is 38.6. The van der Waals surface area contributed by atoms with Crippen LogP contribution in [0.3, 0.4) is 0 Å². The molecule has 1 aliphatic rings. The van der Waals surface area contributed by atoms with Crippen molar-refractivity contribution >= 4 is 18.0 Å².